The van der Waals surface area contributed by atoms with Gasteiger partial charge in [-0.3, -0.25) is 4.79 Å². The lowest BCUT2D eigenvalue weighted by molar-refractivity contribution is -0.122. The zero-order valence-electron chi connectivity index (χ0n) is 11.8. The van der Waals surface area contributed by atoms with E-state index in [0.29, 0.717) is 6.42 Å². The summed E-state index contributed by atoms with van der Waals surface area (Å²) in [5.41, 5.74) is 6.69. The van der Waals surface area contributed by atoms with Crippen LogP contribution in [0.5, 0.6) is 0 Å². The van der Waals surface area contributed by atoms with Crippen LogP contribution in [-0.2, 0) is 4.79 Å². The molecule has 1 aliphatic heterocycles. The Bertz CT molecular complexity index is 464. The van der Waals surface area contributed by atoms with Gasteiger partial charge in [0, 0.05) is 31.6 Å². The molecule has 1 aliphatic rings. The van der Waals surface area contributed by atoms with Crippen LogP contribution in [0, 0.1) is 0 Å². The fraction of sp³-hybridized carbons (Fsp3) is 0.533. The molecule has 1 amide bonds. The second kappa shape index (κ2) is 6.95. The number of rotatable bonds is 4. The third-order valence-electron chi connectivity index (χ3n) is 3.49. The van der Waals surface area contributed by atoms with Gasteiger partial charge in [0.1, 0.15) is 0 Å². The van der Waals surface area contributed by atoms with Crippen molar-refractivity contribution in [2.24, 2.45) is 5.73 Å². The minimum Gasteiger partial charge on any atom is -0.368 e. The molecule has 0 radical (unpaired) electrons. The number of hydrogen-bond acceptors (Lipinski definition) is 3. The van der Waals surface area contributed by atoms with Gasteiger partial charge in [-0.1, -0.05) is 23.7 Å². The lowest BCUT2D eigenvalue weighted by Crippen LogP contribution is -2.48. The van der Waals surface area contributed by atoms with Gasteiger partial charge in [-0.2, -0.15) is 0 Å². The van der Waals surface area contributed by atoms with Crippen LogP contribution in [0.4, 0.5) is 5.69 Å². The van der Waals surface area contributed by atoms with E-state index in [4.69, 9.17) is 17.3 Å². The summed E-state index contributed by atoms with van der Waals surface area (Å²) in [6.07, 6.45) is 2.43. The average Bonchev–Trinajstić information content (AvgIpc) is 2.38. The van der Waals surface area contributed by atoms with E-state index in [1.165, 1.54) is 0 Å². The lowest BCUT2D eigenvalue weighted by Gasteiger charge is -2.35. The normalized spacial score (nSPS) is 20.6. The van der Waals surface area contributed by atoms with Crippen molar-refractivity contribution in [3.63, 3.8) is 0 Å². The highest BCUT2D eigenvalue weighted by Gasteiger charge is 2.22. The number of piperidine rings is 1. The van der Waals surface area contributed by atoms with Crippen LogP contribution in [0.15, 0.2) is 24.3 Å². The Morgan fingerprint density at radius 1 is 1.55 bits per heavy atom. The number of carbonyl (C=O) groups excluding carboxylic acids is 1. The van der Waals surface area contributed by atoms with E-state index in [1.807, 2.05) is 31.2 Å². The predicted molar refractivity (Wildman–Crippen MR) is 83.1 cm³/mol. The zero-order valence-corrected chi connectivity index (χ0v) is 12.6. The number of carbonyl (C=O) groups is 1. The maximum Gasteiger partial charge on any atom is 0.221 e. The number of nitrogens with two attached hydrogens (primary N) is 1. The van der Waals surface area contributed by atoms with Gasteiger partial charge in [0.15, 0.2) is 0 Å². The standard InChI is InChI=1S/C15H22ClN3O/c1-11(17)9-15(20)18-12-5-4-8-19(10-12)14-7-3-2-6-13(14)16/h2-3,6-7,11-12H,4-5,8-10,17H2,1H3,(H,18,20). The summed E-state index contributed by atoms with van der Waals surface area (Å²) in [7, 11) is 0. The SMILES string of the molecule is CC(N)CC(=O)NC1CCCN(c2ccccc2Cl)C1. The van der Waals surface area contributed by atoms with E-state index in [9.17, 15) is 4.79 Å². The molecular formula is C15H22ClN3O. The van der Waals surface area contributed by atoms with Crippen molar-refractivity contribution < 1.29 is 4.79 Å². The maximum absolute atomic E-state index is 11.8. The van der Waals surface area contributed by atoms with Gasteiger partial charge >= 0.3 is 0 Å². The van der Waals surface area contributed by atoms with Crippen molar-refractivity contribution in [3.8, 4) is 0 Å². The quantitative estimate of drug-likeness (QED) is 0.895. The van der Waals surface area contributed by atoms with E-state index >= 15 is 0 Å². The summed E-state index contributed by atoms with van der Waals surface area (Å²) < 4.78 is 0. The number of nitrogens with one attached hydrogen (secondary N) is 1. The van der Waals surface area contributed by atoms with E-state index < -0.39 is 0 Å². The van der Waals surface area contributed by atoms with Crippen molar-refractivity contribution in [3.05, 3.63) is 29.3 Å². The molecule has 1 heterocycles. The van der Waals surface area contributed by atoms with Gasteiger partial charge < -0.3 is 16.0 Å². The Labute approximate surface area is 125 Å². The van der Waals surface area contributed by atoms with Gasteiger partial charge in [-0.05, 0) is 31.9 Å². The summed E-state index contributed by atoms with van der Waals surface area (Å²) >= 11 is 6.23. The molecule has 20 heavy (non-hydrogen) atoms. The molecule has 0 saturated carbocycles. The second-order valence-electron chi connectivity index (χ2n) is 5.49. The highest BCUT2D eigenvalue weighted by Crippen LogP contribution is 2.27. The van der Waals surface area contributed by atoms with Crippen molar-refractivity contribution in [2.75, 3.05) is 18.0 Å². The molecule has 2 rings (SSSR count). The first-order valence-corrected chi connectivity index (χ1v) is 7.48. The third kappa shape index (κ3) is 4.12. The number of para-hydroxylation sites is 1. The van der Waals surface area contributed by atoms with Crippen LogP contribution in [-0.4, -0.2) is 31.1 Å². The molecule has 2 unspecified atom stereocenters. The molecule has 4 nitrogen and oxygen atoms in total. The maximum atomic E-state index is 11.8. The van der Waals surface area contributed by atoms with Gasteiger partial charge in [0.2, 0.25) is 5.91 Å². The Kier molecular flexibility index (Phi) is 5.26. The van der Waals surface area contributed by atoms with Crippen LogP contribution in [0.25, 0.3) is 0 Å². The van der Waals surface area contributed by atoms with Crippen LogP contribution in [0.1, 0.15) is 26.2 Å². The van der Waals surface area contributed by atoms with Crippen molar-refractivity contribution in [1.29, 1.82) is 0 Å². The van der Waals surface area contributed by atoms with Crippen molar-refractivity contribution in [1.82, 2.24) is 5.32 Å². The Hall–Kier alpha value is -1.26. The number of anilines is 1. The largest absolute Gasteiger partial charge is 0.368 e. The highest BCUT2D eigenvalue weighted by molar-refractivity contribution is 6.33. The summed E-state index contributed by atoms with van der Waals surface area (Å²) in [6, 6.07) is 7.91. The molecule has 2 atom stereocenters. The van der Waals surface area contributed by atoms with Crippen LogP contribution in [0.3, 0.4) is 0 Å². The highest BCUT2D eigenvalue weighted by atomic mass is 35.5. The predicted octanol–water partition coefficient (Wildman–Crippen LogP) is 2.16. The molecule has 1 aromatic carbocycles. The molecule has 1 aromatic rings. The van der Waals surface area contributed by atoms with E-state index in [2.05, 4.69) is 10.2 Å². The zero-order chi connectivity index (χ0) is 14.5. The Morgan fingerprint density at radius 3 is 3.00 bits per heavy atom. The van der Waals surface area contributed by atoms with Gasteiger partial charge in [-0.25, -0.2) is 0 Å². The monoisotopic (exact) mass is 295 g/mol. The first-order valence-electron chi connectivity index (χ1n) is 7.10. The second-order valence-corrected chi connectivity index (χ2v) is 5.89. The topological polar surface area (TPSA) is 58.4 Å². The Morgan fingerprint density at radius 2 is 2.30 bits per heavy atom. The van der Waals surface area contributed by atoms with Crippen molar-refractivity contribution in [2.45, 2.75) is 38.3 Å². The fourth-order valence-electron chi connectivity index (χ4n) is 2.60. The van der Waals surface area contributed by atoms with E-state index in [1.54, 1.807) is 0 Å². The first kappa shape index (κ1) is 15.1. The summed E-state index contributed by atoms with van der Waals surface area (Å²) in [5, 5.41) is 3.83. The summed E-state index contributed by atoms with van der Waals surface area (Å²) in [4.78, 5) is 14.0. The Balaban J connectivity index is 1.95. The molecule has 1 fully saturated rings. The molecule has 110 valence electrons. The number of nitrogens with zero attached hydrogens (tertiary/aromatic N) is 1. The van der Waals surface area contributed by atoms with Gasteiger partial charge in [0.05, 0.1) is 10.7 Å². The number of benzene rings is 1. The van der Waals surface area contributed by atoms with Gasteiger partial charge in [0.25, 0.3) is 0 Å². The number of hydrogen-bond donors (Lipinski definition) is 2. The molecule has 0 aliphatic carbocycles. The minimum absolute atomic E-state index is 0.0333. The summed E-state index contributed by atoms with van der Waals surface area (Å²) in [5.74, 6) is 0.0333. The van der Waals surface area contributed by atoms with E-state index in [0.717, 1.165) is 36.6 Å². The molecule has 0 aromatic heterocycles. The van der Waals surface area contributed by atoms with Crippen LogP contribution in [0.2, 0.25) is 5.02 Å². The molecule has 0 spiro atoms. The molecule has 1 saturated heterocycles. The molecular weight excluding hydrogens is 274 g/mol. The van der Waals surface area contributed by atoms with Crippen molar-refractivity contribution >= 4 is 23.2 Å². The number of halogens is 1. The van der Waals surface area contributed by atoms with Gasteiger partial charge in [-0.15, -0.1) is 0 Å². The molecule has 3 N–H and O–H groups in total. The molecule has 5 heteroatoms. The third-order valence-corrected chi connectivity index (χ3v) is 3.81. The lowest BCUT2D eigenvalue weighted by atomic mass is 10.0. The minimum atomic E-state index is -0.0988. The van der Waals surface area contributed by atoms with E-state index in [-0.39, 0.29) is 18.0 Å². The molecule has 0 bridgehead atoms. The smallest absolute Gasteiger partial charge is 0.221 e. The fourth-order valence-corrected chi connectivity index (χ4v) is 2.86. The number of amides is 1. The first-order chi connectivity index (χ1) is 9.56. The van der Waals surface area contributed by atoms with Crippen LogP contribution < -0.4 is 16.0 Å². The average molecular weight is 296 g/mol. The summed E-state index contributed by atoms with van der Waals surface area (Å²) in [6.45, 7) is 3.62. The van der Waals surface area contributed by atoms with Crippen LogP contribution >= 0.6 is 11.6 Å².